The first-order valence-electron chi connectivity index (χ1n) is 9.67. The van der Waals surface area contributed by atoms with E-state index >= 15 is 0 Å². The third kappa shape index (κ3) is 7.11. The van der Waals surface area contributed by atoms with Crippen molar-refractivity contribution in [2.45, 2.75) is 103 Å². The first-order chi connectivity index (χ1) is 10.9. The SMILES string of the molecule is CC(C)(C)OC(=O)NCC(NC1CCCCC1)C1CCCCC1. The average Bonchev–Trinajstić information content (AvgIpc) is 2.51. The molecule has 4 nitrogen and oxygen atoms in total. The van der Waals surface area contributed by atoms with Crippen LogP contribution in [0.15, 0.2) is 0 Å². The lowest BCUT2D eigenvalue weighted by Gasteiger charge is -2.35. The molecule has 2 saturated carbocycles. The zero-order valence-corrected chi connectivity index (χ0v) is 15.3. The molecule has 1 atom stereocenters. The topological polar surface area (TPSA) is 50.4 Å². The molecular weight excluding hydrogens is 288 g/mol. The molecule has 0 bridgehead atoms. The van der Waals surface area contributed by atoms with Gasteiger partial charge in [-0.05, 0) is 52.4 Å². The van der Waals surface area contributed by atoms with Gasteiger partial charge in [0.05, 0.1) is 0 Å². The van der Waals surface area contributed by atoms with Crippen LogP contribution in [0, 0.1) is 5.92 Å². The Bertz CT molecular complexity index is 353. The number of carbonyl (C=O) groups excluding carboxylic acids is 1. The number of amides is 1. The Morgan fingerprint density at radius 2 is 1.57 bits per heavy atom. The molecule has 0 saturated heterocycles. The van der Waals surface area contributed by atoms with E-state index < -0.39 is 5.60 Å². The quantitative estimate of drug-likeness (QED) is 0.789. The third-order valence-electron chi connectivity index (χ3n) is 5.14. The molecule has 2 rings (SSSR count). The van der Waals surface area contributed by atoms with Crippen LogP contribution in [0.25, 0.3) is 0 Å². The van der Waals surface area contributed by atoms with Gasteiger partial charge in [-0.3, -0.25) is 0 Å². The summed E-state index contributed by atoms with van der Waals surface area (Å²) in [5.74, 6) is 0.695. The Hall–Kier alpha value is -0.770. The summed E-state index contributed by atoms with van der Waals surface area (Å²) in [4.78, 5) is 12.0. The Balaban J connectivity index is 1.85. The van der Waals surface area contributed by atoms with Crippen LogP contribution in [0.5, 0.6) is 0 Å². The molecular formula is C19H36N2O2. The van der Waals surface area contributed by atoms with Crippen molar-refractivity contribution in [1.29, 1.82) is 0 Å². The van der Waals surface area contributed by atoms with Gasteiger partial charge in [-0.1, -0.05) is 38.5 Å². The van der Waals surface area contributed by atoms with Crippen LogP contribution >= 0.6 is 0 Å². The molecule has 134 valence electrons. The number of hydrogen-bond donors (Lipinski definition) is 2. The second-order valence-corrected chi connectivity index (χ2v) is 8.39. The van der Waals surface area contributed by atoms with Crippen molar-refractivity contribution in [1.82, 2.24) is 10.6 Å². The molecule has 0 aromatic heterocycles. The Kier molecular flexibility index (Phi) is 7.19. The van der Waals surface area contributed by atoms with Gasteiger partial charge in [0, 0.05) is 18.6 Å². The van der Waals surface area contributed by atoms with Gasteiger partial charge in [0.2, 0.25) is 0 Å². The van der Waals surface area contributed by atoms with Gasteiger partial charge < -0.3 is 15.4 Å². The number of nitrogens with one attached hydrogen (secondary N) is 2. The van der Waals surface area contributed by atoms with Crippen LogP contribution in [0.3, 0.4) is 0 Å². The Morgan fingerprint density at radius 1 is 1.00 bits per heavy atom. The second-order valence-electron chi connectivity index (χ2n) is 8.39. The summed E-state index contributed by atoms with van der Waals surface area (Å²) in [7, 11) is 0. The van der Waals surface area contributed by atoms with Gasteiger partial charge in [0.25, 0.3) is 0 Å². The predicted octanol–water partition coefficient (Wildman–Crippen LogP) is 4.38. The van der Waals surface area contributed by atoms with Gasteiger partial charge in [0.15, 0.2) is 0 Å². The predicted molar refractivity (Wildman–Crippen MR) is 94.6 cm³/mol. The van der Waals surface area contributed by atoms with Crippen molar-refractivity contribution in [3.8, 4) is 0 Å². The van der Waals surface area contributed by atoms with Gasteiger partial charge in [-0.15, -0.1) is 0 Å². The first-order valence-corrected chi connectivity index (χ1v) is 9.67. The Labute approximate surface area is 142 Å². The third-order valence-corrected chi connectivity index (χ3v) is 5.14. The van der Waals surface area contributed by atoms with E-state index in [-0.39, 0.29) is 6.09 Å². The lowest BCUT2D eigenvalue weighted by atomic mass is 9.83. The molecule has 0 aliphatic heterocycles. The highest BCUT2D eigenvalue weighted by molar-refractivity contribution is 5.67. The average molecular weight is 325 g/mol. The number of hydrogen-bond acceptors (Lipinski definition) is 3. The number of rotatable bonds is 5. The van der Waals surface area contributed by atoms with E-state index in [1.807, 2.05) is 20.8 Å². The van der Waals surface area contributed by atoms with E-state index in [9.17, 15) is 4.79 Å². The summed E-state index contributed by atoms with van der Waals surface area (Å²) in [5.41, 5.74) is -0.429. The molecule has 2 fully saturated rings. The van der Waals surface area contributed by atoms with Crippen molar-refractivity contribution in [3.05, 3.63) is 0 Å². The van der Waals surface area contributed by atoms with Crippen LogP contribution in [0.1, 0.15) is 85.0 Å². The highest BCUT2D eigenvalue weighted by Crippen LogP contribution is 2.28. The highest BCUT2D eigenvalue weighted by Gasteiger charge is 2.27. The fourth-order valence-corrected chi connectivity index (χ4v) is 3.98. The maximum atomic E-state index is 12.0. The van der Waals surface area contributed by atoms with Crippen LogP contribution < -0.4 is 10.6 Å². The molecule has 0 aromatic carbocycles. The minimum Gasteiger partial charge on any atom is -0.444 e. The minimum absolute atomic E-state index is 0.288. The molecule has 1 unspecified atom stereocenters. The molecule has 0 radical (unpaired) electrons. The zero-order chi connectivity index (χ0) is 16.7. The van der Waals surface area contributed by atoms with Crippen molar-refractivity contribution < 1.29 is 9.53 Å². The fourth-order valence-electron chi connectivity index (χ4n) is 3.98. The van der Waals surface area contributed by atoms with Crippen molar-refractivity contribution in [3.63, 3.8) is 0 Å². The van der Waals surface area contributed by atoms with E-state index in [0.717, 1.165) is 0 Å². The van der Waals surface area contributed by atoms with Gasteiger partial charge in [0.1, 0.15) is 5.60 Å². The lowest BCUT2D eigenvalue weighted by Crippen LogP contribution is -2.50. The molecule has 4 heteroatoms. The fraction of sp³-hybridized carbons (Fsp3) is 0.947. The molecule has 23 heavy (non-hydrogen) atoms. The maximum Gasteiger partial charge on any atom is 0.407 e. The first kappa shape index (κ1) is 18.6. The zero-order valence-electron chi connectivity index (χ0n) is 15.3. The standard InChI is InChI=1S/C19H36N2O2/c1-19(2,3)23-18(22)20-14-17(15-10-6-4-7-11-15)21-16-12-8-5-9-13-16/h15-17,21H,4-14H2,1-3H3,(H,20,22). The van der Waals surface area contributed by atoms with Gasteiger partial charge >= 0.3 is 6.09 Å². The number of carbonyl (C=O) groups is 1. The van der Waals surface area contributed by atoms with Crippen molar-refractivity contribution in [2.75, 3.05) is 6.54 Å². The molecule has 2 N–H and O–H groups in total. The highest BCUT2D eigenvalue weighted by atomic mass is 16.6. The van der Waals surface area contributed by atoms with Crippen LogP contribution in [0.2, 0.25) is 0 Å². The Morgan fingerprint density at radius 3 is 2.13 bits per heavy atom. The normalized spacial score (nSPS) is 22.6. The summed E-state index contributed by atoms with van der Waals surface area (Å²) >= 11 is 0. The monoisotopic (exact) mass is 324 g/mol. The lowest BCUT2D eigenvalue weighted by molar-refractivity contribution is 0.0513. The maximum absolute atomic E-state index is 12.0. The van der Waals surface area contributed by atoms with Crippen molar-refractivity contribution >= 4 is 6.09 Å². The number of alkyl carbamates (subject to hydrolysis) is 1. The smallest absolute Gasteiger partial charge is 0.407 e. The number of ether oxygens (including phenoxy) is 1. The summed E-state index contributed by atoms with van der Waals surface area (Å²) in [5, 5.41) is 6.88. The summed E-state index contributed by atoms with van der Waals surface area (Å²) < 4.78 is 5.39. The van der Waals surface area contributed by atoms with E-state index in [0.29, 0.717) is 24.5 Å². The summed E-state index contributed by atoms with van der Waals surface area (Å²) in [6.07, 6.45) is 13.0. The largest absolute Gasteiger partial charge is 0.444 e. The van der Waals surface area contributed by atoms with Crippen LogP contribution in [-0.2, 0) is 4.74 Å². The minimum atomic E-state index is -0.429. The van der Waals surface area contributed by atoms with E-state index in [2.05, 4.69) is 10.6 Å². The molecule has 1 amide bonds. The molecule has 0 aromatic rings. The molecule has 0 heterocycles. The van der Waals surface area contributed by atoms with Crippen LogP contribution in [0.4, 0.5) is 4.79 Å². The van der Waals surface area contributed by atoms with E-state index in [1.54, 1.807) is 0 Å². The van der Waals surface area contributed by atoms with E-state index in [1.165, 1.54) is 64.2 Å². The second kappa shape index (κ2) is 8.91. The van der Waals surface area contributed by atoms with Gasteiger partial charge in [-0.25, -0.2) is 4.79 Å². The molecule has 2 aliphatic rings. The van der Waals surface area contributed by atoms with Crippen LogP contribution in [-0.4, -0.2) is 30.3 Å². The summed E-state index contributed by atoms with van der Waals surface area (Å²) in [6, 6.07) is 1.03. The van der Waals surface area contributed by atoms with E-state index in [4.69, 9.17) is 4.74 Å². The van der Waals surface area contributed by atoms with Gasteiger partial charge in [-0.2, -0.15) is 0 Å². The molecule has 0 spiro atoms. The van der Waals surface area contributed by atoms with Crippen molar-refractivity contribution in [2.24, 2.45) is 5.92 Å². The molecule has 2 aliphatic carbocycles. The summed E-state index contributed by atoms with van der Waals surface area (Å²) in [6.45, 7) is 6.42.